The molecular formula is C11H16N2O6S. The Morgan fingerprint density at radius 1 is 1.35 bits per heavy atom. The molecule has 0 fully saturated rings. The maximum atomic E-state index is 12.2. The Morgan fingerprint density at radius 2 is 1.95 bits per heavy atom. The van der Waals surface area contributed by atoms with E-state index in [1.165, 1.54) is 33.3 Å². The highest BCUT2D eigenvalue weighted by Gasteiger charge is 2.28. The normalized spacial score (nSPS) is 11.8. The van der Waals surface area contributed by atoms with Gasteiger partial charge in [0.2, 0.25) is 10.0 Å². The highest BCUT2D eigenvalue weighted by atomic mass is 32.2. The molecule has 20 heavy (non-hydrogen) atoms. The lowest BCUT2D eigenvalue weighted by Gasteiger charge is -2.15. The van der Waals surface area contributed by atoms with Gasteiger partial charge < -0.3 is 9.47 Å². The fourth-order valence-corrected chi connectivity index (χ4v) is 3.05. The fraction of sp³-hybridized carbons (Fsp3) is 0.455. The first-order chi connectivity index (χ1) is 9.33. The van der Waals surface area contributed by atoms with Crippen molar-refractivity contribution in [3.8, 4) is 0 Å². The third kappa shape index (κ3) is 3.73. The molecule has 0 saturated carbocycles. The Bertz CT molecular complexity index is 583. The zero-order valence-corrected chi connectivity index (χ0v) is 12.1. The Kier molecular flexibility index (Phi) is 5.57. The highest BCUT2D eigenvalue weighted by molar-refractivity contribution is 7.89. The number of benzene rings is 1. The van der Waals surface area contributed by atoms with Crippen molar-refractivity contribution < 1.29 is 22.8 Å². The zero-order chi connectivity index (χ0) is 15.3. The number of nitrogens with one attached hydrogen (secondary N) is 1. The van der Waals surface area contributed by atoms with E-state index in [4.69, 9.17) is 9.47 Å². The van der Waals surface area contributed by atoms with Gasteiger partial charge in [0.25, 0.3) is 5.69 Å². The maximum absolute atomic E-state index is 12.2. The summed E-state index contributed by atoms with van der Waals surface area (Å²) in [4.78, 5) is 9.85. The van der Waals surface area contributed by atoms with Gasteiger partial charge in [0.15, 0.2) is 11.2 Å². The van der Waals surface area contributed by atoms with E-state index in [0.29, 0.717) is 0 Å². The molecule has 0 bridgehead atoms. The second-order valence-corrected chi connectivity index (χ2v) is 5.64. The van der Waals surface area contributed by atoms with Crippen molar-refractivity contribution in [1.29, 1.82) is 0 Å². The first-order valence-electron chi connectivity index (χ1n) is 5.62. The van der Waals surface area contributed by atoms with Crippen molar-refractivity contribution in [1.82, 2.24) is 4.72 Å². The second kappa shape index (κ2) is 6.75. The van der Waals surface area contributed by atoms with Crippen LogP contribution in [0.4, 0.5) is 5.69 Å². The first-order valence-corrected chi connectivity index (χ1v) is 7.11. The van der Waals surface area contributed by atoms with E-state index in [1.807, 2.05) is 0 Å². The Hall–Kier alpha value is -1.55. The van der Waals surface area contributed by atoms with Crippen LogP contribution in [0.2, 0.25) is 0 Å². The van der Waals surface area contributed by atoms with Crippen molar-refractivity contribution in [3.05, 3.63) is 33.9 Å². The molecule has 0 heterocycles. The van der Waals surface area contributed by atoms with Gasteiger partial charge in [-0.05, 0) is 12.5 Å². The van der Waals surface area contributed by atoms with Crippen LogP contribution in [0.1, 0.15) is 5.56 Å². The summed E-state index contributed by atoms with van der Waals surface area (Å²) in [5.74, 6) is 0. The quantitative estimate of drug-likeness (QED) is 0.453. The van der Waals surface area contributed by atoms with E-state index < -0.39 is 26.9 Å². The molecule has 0 saturated heterocycles. The number of hydrogen-bond acceptors (Lipinski definition) is 6. The standard InChI is InChI=1S/C11H16N2O6S/c1-8-5-4-6-9(13(14)15)11(8)20(16,17)12-7-10(18-2)19-3/h4-6,10,12H,7H2,1-3H3. The SMILES string of the molecule is COC(CNS(=O)(=O)c1c(C)cccc1[N+](=O)[O-])OC. The van der Waals surface area contributed by atoms with Gasteiger partial charge in [-0.15, -0.1) is 0 Å². The van der Waals surface area contributed by atoms with Gasteiger partial charge in [0, 0.05) is 20.3 Å². The van der Waals surface area contributed by atoms with Gasteiger partial charge in [-0.1, -0.05) is 12.1 Å². The van der Waals surface area contributed by atoms with Crippen LogP contribution in [0.15, 0.2) is 23.1 Å². The van der Waals surface area contributed by atoms with E-state index >= 15 is 0 Å². The Balaban J connectivity index is 3.13. The number of nitro groups is 1. The van der Waals surface area contributed by atoms with Crippen molar-refractivity contribution in [2.75, 3.05) is 20.8 Å². The summed E-state index contributed by atoms with van der Waals surface area (Å²) in [6.45, 7) is 1.34. The summed E-state index contributed by atoms with van der Waals surface area (Å²) >= 11 is 0. The van der Waals surface area contributed by atoms with Gasteiger partial charge in [-0.25, -0.2) is 13.1 Å². The maximum Gasteiger partial charge on any atom is 0.289 e. The number of aryl methyl sites for hydroxylation is 1. The number of sulfonamides is 1. The molecule has 8 nitrogen and oxygen atoms in total. The average molecular weight is 304 g/mol. The summed E-state index contributed by atoms with van der Waals surface area (Å²) in [5, 5.41) is 10.9. The van der Waals surface area contributed by atoms with Crippen molar-refractivity contribution in [2.24, 2.45) is 0 Å². The van der Waals surface area contributed by atoms with Crippen LogP contribution >= 0.6 is 0 Å². The monoisotopic (exact) mass is 304 g/mol. The molecule has 0 amide bonds. The predicted molar refractivity (Wildman–Crippen MR) is 70.8 cm³/mol. The van der Waals surface area contributed by atoms with Crippen molar-refractivity contribution in [2.45, 2.75) is 18.1 Å². The number of nitrogens with zero attached hydrogens (tertiary/aromatic N) is 1. The van der Waals surface area contributed by atoms with Crippen LogP contribution in [0.25, 0.3) is 0 Å². The molecule has 1 N–H and O–H groups in total. The molecule has 1 rings (SSSR count). The average Bonchev–Trinajstić information content (AvgIpc) is 2.39. The molecule has 0 aliphatic carbocycles. The number of methoxy groups -OCH3 is 2. The minimum absolute atomic E-state index is 0.152. The molecule has 0 unspecified atom stereocenters. The fourth-order valence-electron chi connectivity index (χ4n) is 1.64. The zero-order valence-electron chi connectivity index (χ0n) is 11.3. The smallest absolute Gasteiger partial charge is 0.289 e. The lowest BCUT2D eigenvalue weighted by atomic mass is 10.2. The summed E-state index contributed by atoms with van der Waals surface area (Å²) in [6.07, 6.45) is -0.771. The van der Waals surface area contributed by atoms with E-state index in [0.717, 1.165) is 6.07 Å². The van der Waals surface area contributed by atoms with Gasteiger partial charge in [-0.2, -0.15) is 0 Å². The number of hydrogen-bond donors (Lipinski definition) is 1. The van der Waals surface area contributed by atoms with Crippen LogP contribution in [0, 0.1) is 17.0 Å². The first kappa shape index (κ1) is 16.5. The minimum atomic E-state index is -4.03. The molecule has 9 heteroatoms. The molecule has 0 aliphatic heterocycles. The van der Waals surface area contributed by atoms with Gasteiger partial charge in [0.1, 0.15) is 0 Å². The molecule has 112 valence electrons. The third-order valence-corrected chi connectivity index (χ3v) is 4.24. The second-order valence-electron chi connectivity index (χ2n) is 3.93. The number of ether oxygens (including phenoxy) is 2. The van der Waals surface area contributed by atoms with E-state index in [2.05, 4.69) is 4.72 Å². The van der Waals surface area contributed by atoms with Gasteiger partial charge in [-0.3, -0.25) is 10.1 Å². The van der Waals surface area contributed by atoms with Crippen LogP contribution in [0.5, 0.6) is 0 Å². The molecule has 1 aromatic rings. The Labute approximate surface area is 116 Å². The summed E-state index contributed by atoms with van der Waals surface area (Å²) < 4.78 is 36.3. The van der Waals surface area contributed by atoms with E-state index in [-0.39, 0.29) is 17.0 Å². The highest BCUT2D eigenvalue weighted by Crippen LogP contribution is 2.26. The predicted octanol–water partition coefficient (Wildman–Crippen LogP) is 0.800. The van der Waals surface area contributed by atoms with Crippen molar-refractivity contribution in [3.63, 3.8) is 0 Å². The van der Waals surface area contributed by atoms with E-state index in [1.54, 1.807) is 0 Å². The molecule has 0 aliphatic rings. The summed E-state index contributed by atoms with van der Waals surface area (Å²) in [7, 11) is -1.31. The summed E-state index contributed by atoms with van der Waals surface area (Å²) in [6, 6.07) is 4.07. The molecule has 0 atom stereocenters. The molecule has 0 spiro atoms. The van der Waals surface area contributed by atoms with Gasteiger partial charge >= 0.3 is 0 Å². The topological polar surface area (TPSA) is 108 Å². The Morgan fingerprint density at radius 3 is 2.45 bits per heavy atom. The van der Waals surface area contributed by atoms with Crippen LogP contribution in [0.3, 0.4) is 0 Å². The van der Waals surface area contributed by atoms with Gasteiger partial charge in [0.05, 0.1) is 11.5 Å². The number of nitro benzene ring substituents is 1. The summed E-state index contributed by atoms with van der Waals surface area (Å²) in [5.41, 5.74) is -0.179. The van der Waals surface area contributed by atoms with E-state index in [9.17, 15) is 18.5 Å². The van der Waals surface area contributed by atoms with Crippen LogP contribution in [-0.4, -0.2) is 40.4 Å². The van der Waals surface area contributed by atoms with Crippen LogP contribution < -0.4 is 4.72 Å². The molecule has 0 aromatic heterocycles. The largest absolute Gasteiger partial charge is 0.355 e. The molecule has 0 radical (unpaired) electrons. The minimum Gasteiger partial charge on any atom is -0.355 e. The molecule has 1 aromatic carbocycles. The lowest BCUT2D eigenvalue weighted by Crippen LogP contribution is -2.34. The van der Waals surface area contributed by atoms with Crippen LogP contribution in [-0.2, 0) is 19.5 Å². The molecular weight excluding hydrogens is 288 g/mol. The van der Waals surface area contributed by atoms with Crippen molar-refractivity contribution >= 4 is 15.7 Å². The lowest BCUT2D eigenvalue weighted by molar-refractivity contribution is -0.387. The third-order valence-electron chi connectivity index (χ3n) is 2.62. The number of rotatable bonds is 7.